The number of fused-ring (bicyclic) bond motifs is 1. The van der Waals surface area contributed by atoms with Crippen LogP contribution in [-0.2, 0) is 0 Å². The standard InChI is InChI=1S/C14H9ClFN3O/c15-10-2-1-3-11(16)13(10)14(20)18-9-4-5-12-17-6-7-19(12)8-9/h1-8H,(H,18,20). The average Bonchev–Trinajstić information content (AvgIpc) is 2.85. The molecule has 0 aliphatic carbocycles. The molecular weight excluding hydrogens is 281 g/mol. The Balaban J connectivity index is 1.92. The number of nitrogens with zero attached hydrogens (tertiary/aromatic N) is 2. The van der Waals surface area contributed by atoms with Crippen LogP contribution in [0.2, 0.25) is 5.02 Å². The summed E-state index contributed by atoms with van der Waals surface area (Å²) in [4.78, 5) is 16.2. The highest BCUT2D eigenvalue weighted by molar-refractivity contribution is 6.34. The molecule has 0 aliphatic rings. The minimum atomic E-state index is -0.654. The van der Waals surface area contributed by atoms with Crippen molar-refractivity contribution in [2.75, 3.05) is 5.32 Å². The van der Waals surface area contributed by atoms with Crippen LogP contribution >= 0.6 is 11.6 Å². The molecule has 0 aliphatic heterocycles. The third-order valence-electron chi connectivity index (χ3n) is 2.84. The molecule has 1 N–H and O–H groups in total. The van der Waals surface area contributed by atoms with Crippen molar-refractivity contribution in [2.45, 2.75) is 0 Å². The van der Waals surface area contributed by atoms with Crippen LogP contribution in [0.4, 0.5) is 10.1 Å². The maximum absolute atomic E-state index is 13.6. The molecular formula is C14H9ClFN3O. The fourth-order valence-electron chi connectivity index (χ4n) is 1.90. The van der Waals surface area contributed by atoms with E-state index in [1.165, 1.54) is 18.2 Å². The van der Waals surface area contributed by atoms with Gasteiger partial charge in [0.1, 0.15) is 11.5 Å². The first kappa shape index (κ1) is 12.6. The lowest BCUT2D eigenvalue weighted by Gasteiger charge is -2.08. The van der Waals surface area contributed by atoms with E-state index in [4.69, 9.17) is 11.6 Å². The summed E-state index contributed by atoms with van der Waals surface area (Å²) in [5, 5.41) is 2.69. The van der Waals surface area contributed by atoms with Gasteiger partial charge in [-0.15, -0.1) is 0 Å². The van der Waals surface area contributed by atoms with Gasteiger partial charge in [-0.3, -0.25) is 4.79 Å². The SMILES string of the molecule is O=C(Nc1ccc2nccn2c1)c1c(F)cccc1Cl. The molecule has 2 heterocycles. The summed E-state index contributed by atoms with van der Waals surface area (Å²) in [7, 11) is 0. The summed E-state index contributed by atoms with van der Waals surface area (Å²) >= 11 is 5.85. The largest absolute Gasteiger partial charge is 0.321 e. The van der Waals surface area contributed by atoms with Crippen molar-refractivity contribution in [3.8, 4) is 0 Å². The average molecular weight is 290 g/mol. The number of pyridine rings is 1. The Hall–Kier alpha value is -2.40. The van der Waals surface area contributed by atoms with E-state index in [0.29, 0.717) is 5.69 Å². The number of aromatic nitrogens is 2. The molecule has 0 bridgehead atoms. The molecule has 3 aromatic rings. The summed E-state index contributed by atoms with van der Waals surface area (Å²) in [5.74, 6) is -1.24. The van der Waals surface area contributed by atoms with Gasteiger partial charge in [0.2, 0.25) is 0 Å². The molecule has 20 heavy (non-hydrogen) atoms. The Kier molecular flexibility index (Phi) is 3.12. The van der Waals surface area contributed by atoms with Crippen LogP contribution in [-0.4, -0.2) is 15.3 Å². The fourth-order valence-corrected chi connectivity index (χ4v) is 2.15. The lowest BCUT2D eigenvalue weighted by molar-refractivity contribution is 0.102. The Morgan fingerprint density at radius 3 is 2.95 bits per heavy atom. The summed E-state index contributed by atoms with van der Waals surface area (Å²) in [6.45, 7) is 0. The first-order valence-electron chi connectivity index (χ1n) is 5.83. The summed E-state index contributed by atoms with van der Waals surface area (Å²) < 4.78 is 15.4. The smallest absolute Gasteiger partial charge is 0.260 e. The number of carbonyl (C=O) groups excluding carboxylic acids is 1. The van der Waals surface area contributed by atoms with Gasteiger partial charge >= 0.3 is 0 Å². The second-order valence-corrected chi connectivity index (χ2v) is 4.57. The molecule has 0 saturated heterocycles. The number of hydrogen-bond acceptors (Lipinski definition) is 2. The number of rotatable bonds is 2. The zero-order chi connectivity index (χ0) is 14.1. The molecule has 100 valence electrons. The van der Waals surface area contributed by atoms with E-state index in [2.05, 4.69) is 10.3 Å². The minimum Gasteiger partial charge on any atom is -0.321 e. The Morgan fingerprint density at radius 1 is 1.30 bits per heavy atom. The van der Waals surface area contributed by atoms with Gasteiger partial charge in [0, 0.05) is 18.6 Å². The van der Waals surface area contributed by atoms with Crippen LogP contribution in [0.15, 0.2) is 48.9 Å². The molecule has 0 radical (unpaired) electrons. The highest BCUT2D eigenvalue weighted by Crippen LogP contribution is 2.20. The van der Waals surface area contributed by atoms with Crippen molar-refractivity contribution in [3.63, 3.8) is 0 Å². The number of imidazole rings is 1. The van der Waals surface area contributed by atoms with Crippen LogP contribution < -0.4 is 5.32 Å². The van der Waals surface area contributed by atoms with Gasteiger partial charge in [-0.05, 0) is 24.3 Å². The van der Waals surface area contributed by atoms with Crippen LogP contribution in [0.25, 0.3) is 5.65 Å². The minimum absolute atomic E-state index is 0.0752. The van der Waals surface area contributed by atoms with Crippen LogP contribution in [0.1, 0.15) is 10.4 Å². The van der Waals surface area contributed by atoms with E-state index in [-0.39, 0.29) is 10.6 Å². The summed E-state index contributed by atoms with van der Waals surface area (Å²) in [6.07, 6.45) is 5.09. The lowest BCUT2D eigenvalue weighted by atomic mass is 10.2. The molecule has 1 amide bonds. The molecule has 0 atom stereocenters. The van der Waals surface area contributed by atoms with Gasteiger partial charge in [0.05, 0.1) is 16.3 Å². The molecule has 2 aromatic heterocycles. The third-order valence-corrected chi connectivity index (χ3v) is 3.15. The molecule has 0 unspecified atom stereocenters. The monoisotopic (exact) mass is 289 g/mol. The third kappa shape index (κ3) is 2.23. The first-order chi connectivity index (χ1) is 9.65. The highest BCUT2D eigenvalue weighted by Gasteiger charge is 2.15. The summed E-state index contributed by atoms with van der Waals surface area (Å²) in [5.41, 5.74) is 1.12. The van der Waals surface area contributed by atoms with Crippen molar-refractivity contribution < 1.29 is 9.18 Å². The van der Waals surface area contributed by atoms with Crippen LogP contribution in [0.3, 0.4) is 0 Å². The van der Waals surface area contributed by atoms with Gasteiger partial charge in [-0.1, -0.05) is 17.7 Å². The van der Waals surface area contributed by atoms with Crippen molar-refractivity contribution in [3.05, 3.63) is 65.3 Å². The maximum Gasteiger partial charge on any atom is 0.260 e. The molecule has 3 rings (SSSR count). The second kappa shape index (κ2) is 4.94. The number of benzene rings is 1. The number of anilines is 1. The number of amides is 1. The van der Waals surface area contributed by atoms with Crippen molar-refractivity contribution in [1.29, 1.82) is 0 Å². The quantitative estimate of drug-likeness (QED) is 0.786. The normalized spacial score (nSPS) is 10.7. The number of hydrogen-bond donors (Lipinski definition) is 1. The fraction of sp³-hybridized carbons (Fsp3) is 0. The number of carbonyl (C=O) groups is 1. The van der Waals surface area contributed by atoms with E-state index >= 15 is 0 Å². The van der Waals surface area contributed by atoms with E-state index in [1.807, 2.05) is 0 Å². The van der Waals surface area contributed by atoms with Gasteiger partial charge in [0.25, 0.3) is 5.91 Å². The lowest BCUT2D eigenvalue weighted by Crippen LogP contribution is -2.14. The Labute approximate surface area is 118 Å². The van der Waals surface area contributed by atoms with Crippen molar-refractivity contribution in [1.82, 2.24) is 9.38 Å². The van der Waals surface area contributed by atoms with Gasteiger partial charge in [-0.2, -0.15) is 0 Å². The Morgan fingerprint density at radius 2 is 2.15 bits per heavy atom. The van der Waals surface area contributed by atoms with E-state index in [9.17, 15) is 9.18 Å². The molecule has 1 aromatic carbocycles. The van der Waals surface area contributed by atoms with Gasteiger partial charge in [0.15, 0.2) is 0 Å². The highest BCUT2D eigenvalue weighted by atomic mass is 35.5. The van der Waals surface area contributed by atoms with Crippen LogP contribution in [0, 0.1) is 5.82 Å². The van der Waals surface area contributed by atoms with Gasteiger partial charge < -0.3 is 9.72 Å². The zero-order valence-electron chi connectivity index (χ0n) is 10.2. The van der Waals surface area contributed by atoms with E-state index in [0.717, 1.165) is 5.65 Å². The van der Waals surface area contributed by atoms with Crippen molar-refractivity contribution in [2.24, 2.45) is 0 Å². The second-order valence-electron chi connectivity index (χ2n) is 4.16. The predicted octanol–water partition coefficient (Wildman–Crippen LogP) is 3.38. The number of halogens is 2. The van der Waals surface area contributed by atoms with Crippen molar-refractivity contribution >= 4 is 28.8 Å². The van der Waals surface area contributed by atoms with E-state index < -0.39 is 11.7 Å². The van der Waals surface area contributed by atoms with E-state index in [1.54, 1.807) is 35.1 Å². The molecule has 0 spiro atoms. The van der Waals surface area contributed by atoms with Crippen LogP contribution in [0.5, 0.6) is 0 Å². The molecule has 6 heteroatoms. The topological polar surface area (TPSA) is 46.4 Å². The summed E-state index contributed by atoms with van der Waals surface area (Å²) in [6, 6.07) is 7.55. The predicted molar refractivity (Wildman–Crippen MR) is 74.6 cm³/mol. The number of nitrogens with one attached hydrogen (secondary N) is 1. The first-order valence-corrected chi connectivity index (χ1v) is 6.21. The molecule has 0 fully saturated rings. The maximum atomic E-state index is 13.6. The zero-order valence-corrected chi connectivity index (χ0v) is 10.9. The van der Waals surface area contributed by atoms with Gasteiger partial charge in [-0.25, -0.2) is 9.37 Å². The Bertz CT molecular complexity index is 780. The molecule has 4 nitrogen and oxygen atoms in total. The molecule has 0 saturated carbocycles.